The van der Waals surface area contributed by atoms with Gasteiger partial charge in [-0.15, -0.1) is 0 Å². The highest BCUT2D eigenvalue weighted by atomic mass is 19.3. The van der Waals surface area contributed by atoms with E-state index in [0.717, 1.165) is 11.3 Å². The van der Waals surface area contributed by atoms with Gasteiger partial charge in [-0.25, -0.2) is 8.78 Å². The van der Waals surface area contributed by atoms with E-state index in [-0.39, 0.29) is 24.3 Å². The van der Waals surface area contributed by atoms with Crippen LogP contribution in [-0.4, -0.2) is 43.9 Å². The first-order valence-corrected chi connectivity index (χ1v) is 8.14. The second kappa shape index (κ2) is 6.47. The van der Waals surface area contributed by atoms with E-state index in [1.54, 1.807) is 36.2 Å². The molecule has 0 radical (unpaired) electrons. The van der Waals surface area contributed by atoms with Crippen molar-refractivity contribution < 1.29 is 18.4 Å². The summed E-state index contributed by atoms with van der Waals surface area (Å²) < 4.78 is 28.1. The highest BCUT2D eigenvalue weighted by Crippen LogP contribution is 2.32. The number of piperidine rings is 2. The third kappa shape index (κ3) is 3.26. The Balaban J connectivity index is 1.71. The van der Waals surface area contributed by atoms with E-state index in [0.29, 0.717) is 25.8 Å². The van der Waals surface area contributed by atoms with Crippen LogP contribution in [0.4, 0.5) is 14.5 Å². The third-order valence-corrected chi connectivity index (χ3v) is 4.85. The number of rotatable bonds is 3. The Morgan fingerprint density at radius 2 is 1.92 bits per heavy atom. The molecular formula is C17H21F2N3O2. The van der Waals surface area contributed by atoms with Crippen molar-refractivity contribution in [2.45, 2.75) is 37.1 Å². The molecule has 0 bridgehead atoms. The minimum Gasteiger partial charge on any atom is -0.365 e. The Morgan fingerprint density at radius 3 is 2.50 bits per heavy atom. The van der Waals surface area contributed by atoms with Crippen LogP contribution in [0.2, 0.25) is 0 Å². The lowest BCUT2D eigenvalue weighted by molar-refractivity contribution is -0.134. The van der Waals surface area contributed by atoms with E-state index in [9.17, 15) is 18.4 Å². The molecule has 0 aliphatic carbocycles. The zero-order valence-electron chi connectivity index (χ0n) is 13.5. The summed E-state index contributed by atoms with van der Waals surface area (Å²) in [6.07, 6.45) is 1.18. The van der Waals surface area contributed by atoms with Crippen LogP contribution in [-0.2, 0) is 9.59 Å². The average Bonchev–Trinajstić information content (AvgIpc) is 2.54. The van der Waals surface area contributed by atoms with Crippen LogP contribution in [0.1, 0.15) is 30.7 Å². The van der Waals surface area contributed by atoms with Crippen molar-refractivity contribution in [2.24, 2.45) is 0 Å². The van der Waals surface area contributed by atoms with E-state index < -0.39 is 12.0 Å². The van der Waals surface area contributed by atoms with E-state index in [1.165, 1.54) is 0 Å². The average molecular weight is 337 g/mol. The molecule has 2 saturated heterocycles. The van der Waals surface area contributed by atoms with Crippen molar-refractivity contribution in [3.05, 3.63) is 29.8 Å². The van der Waals surface area contributed by atoms with Crippen LogP contribution in [0.15, 0.2) is 24.3 Å². The summed E-state index contributed by atoms with van der Waals surface area (Å²) in [6.45, 7) is 0.231. The fourth-order valence-corrected chi connectivity index (χ4v) is 3.44. The Hall–Kier alpha value is -2.02. The molecule has 0 saturated carbocycles. The Kier molecular flexibility index (Phi) is 4.54. The van der Waals surface area contributed by atoms with Crippen molar-refractivity contribution in [3.8, 4) is 0 Å². The summed E-state index contributed by atoms with van der Waals surface area (Å²) in [5.41, 5.74) is 1.53. The minimum absolute atomic E-state index is 0.248. The predicted molar refractivity (Wildman–Crippen MR) is 86.2 cm³/mol. The lowest BCUT2D eigenvalue weighted by Crippen LogP contribution is -2.56. The maximum absolute atomic E-state index is 14.1. The quantitative estimate of drug-likeness (QED) is 0.823. The number of amides is 2. The summed E-state index contributed by atoms with van der Waals surface area (Å²) in [5, 5.41) is 5.01. The molecule has 1 aromatic carbocycles. The molecule has 0 spiro atoms. The normalized spacial score (nSPS) is 27.0. The van der Waals surface area contributed by atoms with Gasteiger partial charge in [0, 0.05) is 18.7 Å². The van der Waals surface area contributed by atoms with E-state index in [1.807, 2.05) is 0 Å². The number of nitrogens with one attached hydrogen (secondary N) is 2. The number of halogens is 2. The van der Waals surface area contributed by atoms with Gasteiger partial charge in [0.1, 0.15) is 0 Å². The summed E-state index contributed by atoms with van der Waals surface area (Å²) in [7, 11) is 1.56. The lowest BCUT2D eigenvalue weighted by Gasteiger charge is -2.39. The van der Waals surface area contributed by atoms with Crippen molar-refractivity contribution in [1.29, 1.82) is 0 Å². The molecule has 2 aliphatic heterocycles. The Labute approximate surface area is 139 Å². The summed E-state index contributed by atoms with van der Waals surface area (Å²) >= 11 is 0. The van der Waals surface area contributed by atoms with Gasteiger partial charge in [-0.2, -0.15) is 0 Å². The van der Waals surface area contributed by atoms with E-state index >= 15 is 0 Å². The van der Waals surface area contributed by atoms with Crippen LogP contribution in [0.25, 0.3) is 0 Å². The Morgan fingerprint density at radius 1 is 1.21 bits per heavy atom. The molecule has 2 amide bonds. The maximum Gasteiger partial charge on any atom is 0.280 e. The SMILES string of the molecule is CNC1CCN(c2ccc(C3CCC(=O)NC3=O)cc2)CC1(F)F. The molecule has 2 N–H and O–H groups in total. The van der Waals surface area contributed by atoms with E-state index in [4.69, 9.17) is 0 Å². The summed E-state index contributed by atoms with van der Waals surface area (Å²) in [4.78, 5) is 24.8. The molecule has 3 rings (SSSR count). The summed E-state index contributed by atoms with van der Waals surface area (Å²) in [5.74, 6) is -3.67. The number of nitrogens with zero attached hydrogens (tertiary/aromatic N) is 1. The molecule has 2 heterocycles. The molecule has 0 aromatic heterocycles. The molecule has 2 aliphatic rings. The smallest absolute Gasteiger partial charge is 0.280 e. The van der Waals surface area contributed by atoms with Crippen LogP contribution >= 0.6 is 0 Å². The standard InChI is InChI=1S/C17H21F2N3O2/c1-20-14-8-9-22(10-17(14,18)19)12-4-2-11(3-5-12)13-6-7-15(23)21-16(13)24/h2-5,13-14,20H,6-10H2,1H3,(H,21,23,24). The second-order valence-corrected chi connectivity index (χ2v) is 6.41. The zero-order chi connectivity index (χ0) is 17.3. The molecule has 24 heavy (non-hydrogen) atoms. The van der Waals surface area contributed by atoms with Gasteiger partial charge in [-0.3, -0.25) is 14.9 Å². The van der Waals surface area contributed by atoms with Crippen LogP contribution in [0.3, 0.4) is 0 Å². The molecule has 1 aromatic rings. The zero-order valence-corrected chi connectivity index (χ0v) is 13.5. The van der Waals surface area contributed by atoms with Gasteiger partial charge in [0.25, 0.3) is 5.92 Å². The van der Waals surface area contributed by atoms with Crippen molar-refractivity contribution in [3.63, 3.8) is 0 Å². The molecule has 2 atom stereocenters. The molecule has 5 nitrogen and oxygen atoms in total. The monoisotopic (exact) mass is 337 g/mol. The van der Waals surface area contributed by atoms with Crippen molar-refractivity contribution in [1.82, 2.24) is 10.6 Å². The number of imide groups is 1. The number of carbonyl (C=O) groups excluding carboxylic acids is 2. The first-order valence-electron chi connectivity index (χ1n) is 8.14. The Bertz CT molecular complexity index is 633. The number of hydrogen-bond acceptors (Lipinski definition) is 4. The number of anilines is 1. The maximum atomic E-state index is 14.1. The first-order chi connectivity index (χ1) is 11.4. The van der Waals surface area contributed by atoms with Crippen molar-refractivity contribution >= 4 is 17.5 Å². The van der Waals surface area contributed by atoms with Gasteiger partial charge in [0.15, 0.2) is 0 Å². The fourth-order valence-electron chi connectivity index (χ4n) is 3.44. The largest absolute Gasteiger partial charge is 0.365 e. The van der Waals surface area contributed by atoms with Gasteiger partial charge in [0.2, 0.25) is 11.8 Å². The van der Waals surface area contributed by atoms with Gasteiger partial charge in [0.05, 0.1) is 18.5 Å². The predicted octanol–water partition coefficient (Wildman–Crippen LogP) is 1.64. The lowest BCUT2D eigenvalue weighted by atomic mass is 9.90. The first kappa shape index (κ1) is 16.8. The van der Waals surface area contributed by atoms with Gasteiger partial charge >= 0.3 is 0 Å². The topological polar surface area (TPSA) is 61.4 Å². The van der Waals surface area contributed by atoms with Crippen LogP contribution < -0.4 is 15.5 Å². The molecule has 130 valence electrons. The van der Waals surface area contributed by atoms with Gasteiger partial charge in [-0.1, -0.05) is 12.1 Å². The van der Waals surface area contributed by atoms with E-state index in [2.05, 4.69) is 10.6 Å². The van der Waals surface area contributed by atoms with Crippen molar-refractivity contribution in [2.75, 3.05) is 25.0 Å². The minimum atomic E-state index is -2.78. The fraction of sp³-hybridized carbons (Fsp3) is 0.529. The molecule has 7 heteroatoms. The second-order valence-electron chi connectivity index (χ2n) is 6.41. The van der Waals surface area contributed by atoms with Gasteiger partial charge in [-0.05, 0) is 37.6 Å². The number of benzene rings is 1. The third-order valence-electron chi connectivity index (χ3n) is 4.85. The highest BCUT2D eigenvalue weighted by Gasteiger charge is 2.43. The number of hydrogen-bond donors (Lipinski definition) is 2. The summed E-state index contributed by atoms with van der Waals surface area (Å²) in [6, 6.07) is 6.33. The highest BCUT2D eigenvalue weighted by molar-refractivity contribution is 6.00. The molecule has 2 fully saturated rings. The number of alkyl halides is 2. The van der Waals surface area contributed by atoms with Crippen LogP contribution in [0.5, 0.6) is 0 Å². The molecule has 2 unspecified atom stereocenters. The molecular weight excluding hydrogens is 316 g/mol. The van der Waals surface area contributed by atoms with Gasteiger partial charge < -0.3 is 10.2 Å². The van der Waals surface area contributed by atoms with Crippen LogP contribution in [0, 0.1) is 0 Å². The number of carbonyl (C=O) groups is 2.